The minimum Gasteiger partial charge on any atom is -0.477 e. The summed E-state index contributed by atoms with van der Waals surface area (Å²) in [5.41, 5.74) is 6.00. The Morgan fingerprint density at radius 2 is 2.05 bits per heavy atom. The van der Waals surface area contributed by atoms with Gasteiger partial charge in [-0.1, -0.05) is 6.92 Å². The van der Waals surface area contributed by atoms with Crippen molar-refractivity contribution < 1.29 is 32.7 Å². The van der Waals surface area contributed by atoms with Gasteiger partial charge in [0.05, 0.1) is 18.0 Å². The molecule has 0 bridgehead atoms. The normalized spacial score (nSPS) is 31.3. The minimum atomic E-state index is -3.93. The first-order valence-corrected chi connectivity index (χ1v) is 16.2. The third-order valence-corrected chi connectivity index (χ3v) is 10.4. The van der Waals surface area contributed by atoms with Crippen molar-refractivity contribution in [3.8, 4) is 0 Å². The molecule has 18 nitrogen and oxygen atoms in total. The van der Waals surface area contributed by atoms with Gasteiger partial charge in [-0.25, -0.2) is 19.3 Å². The second-order valence-corrected chi connectivity index (χ2v) is 14.1. The molecule has 5 rings (SSSR count). The van der Waals surface area contributed by atoms with Gasteiger partial charge in [0.2, 0.25) is 17.7 Å². The molecule has 0 unspecified atom stereocenters. The van der Waals surface area contributed by atoms with Crippen molar-refractivity contribution in [3.63, 3.8) is 0 Å². The molecule has 0 aliphatic carbocycles. The van der Waals surface area contributed by atoms with Gasteiger partial charge in [0.25, 0.3) is 10.2 Å². The number of nitrogens with two attached hydrogens (primary N) is 2. The molecule has 4 aliphatic rings. The third kappa shape index (κ3) is 6.38. The van der Waals surface area contributed by atoms with Gasteiger partial charge in [-0.3, -0.25) is 14.4 Å². The molecule has 0 spiro atoms. The van der Waals surface area contributed by atoms with E-state index in [1.165, 1.54) is 27.7 Å². The van der Waals surface area contributed by atoms with Gasteiger partial charge in [0.1, 0.15) is 18.6 Å². The molecule has 0 saturated carbocycles. The maximum atomic E-state index is 13.4. The number of thioether (sulfide) groups is 1. The fourth-order valence-corrected chi connectivity index (χ4v) is 8.38. The molecule has 0 radical (unpaired) electrons. The summed E-state index contributed by atoms with van der Waals surface area (Å²) in [6.45, 7) is 4.12. The summed E-state index contributed by atoms with van der Waals surface area (Å²) in [7, 11) is -3.93. The zero-order chi connectivity index (χ0) is 31.2. The van der Waals surface area contributed by atoms with Gasteiger partial charge >= 0.3 is 5.97 Å². The predicted octanol–water partition coefficient (Wildman–Crippen LogP) is -3.86. The monoisotopic (exact) mass is 641 g/mol. The number of carboxylic acids is 1. The summed E-state index contributed by atoms with van der Waals surface area (Å²) in [6, 6.07) is -2.29. The summed E-state index contributed by atoms with van der Waals surface area (Å²) in [5.74, 6) is -3.10. The van der Waals surface area contributed by atoms with Crippen LogP contribution in [0.2, 0.25) is 0 Å². The molecule has 0 aromatic carbocycles. The summed E-state index contributed by atoms with van der Waals surface area (Å²) >= 11 is 1.34. The van der Waals surface area contributed by atoms with Crippen LogP contribution in [0.4, 0.5) is 0 Å². The fourth-order valence-electron chi connectivity index (χ4n) is 6.48. The number of fused-ring (bicyclic) bond motifs is 1. The Kier molecular flexibility index (Phi) is 8.78. The highest BCUT2D eigenvalue weighted by molar-refractivity contribution is 8.03. The first kappa shape index (κ1) is 31.3. The van der Waals surface area contributed by atoms with E-state index in [0.29, 0.717) is 24.3 Å². The smallest absolute Gasteiger partial charge is 0.353 e. The lowest BCUT2D eigenvalue weighted by Crippen LogP contribution is -2.66. The number of nitrogens with zero attached hydrogens (tertiary/aromatic N) is 6. The van der Waals surface area contributed by atoms with Crippen molar-refractivity contribution >= 4 is 45.7 Å². The molecule has 4 aliphatic heterocycles. The summed E-state index contributed by atoms with van der Waals surface area (Å²) in [5, 5.41) is 31.6. The first-order chi connectivity index (χ1) is 20.2. The standard InChI is InChI=1S/C23H35N11O7S2/c1-10-18-17(11(2)29-16(35)8-32-9-27-30-31-32)22(37)34(18)19(23(38)39)20(10)42-14-4-15(26-6-14)21(36)33-7-12(24)3-13(33)5-28-43(25,40)41/h9-15,17-18,26,28H,3-8,24H2,1-2H3,(H,29,35)(H,38,39)(H2,25,40,41)/t10-,11-,12-,13+,14+,15+,17-,18-/m1/s1. The molecule has 1 aromatic rings. The maximum absolute atomic E-state index is 13.4. The quantitative estimate of drug-likeness (QED) is 0.127. The van der Waals surface area contributed by atoms with E-state index in [4.69, 9.17) is 10.9 Å². The Hall–Kier alpha value is -3.17. The van der Waals surface area contributed by atoms with E-state index >= 15 is 0 Å². The average Bonchev–Trinajstić information content (AvgIpc) is 3.70. The van der Waals surface area contributed by atoms with E-state index in [-0.39, 0.29) is 60.3 Å². The molecule has 5 heterocycles. The van der Waals surface area contributed by atoms with Gasteiger partial charge in [-0.2, -0.15) is 8.42 Å². The van der Waals surface area contributed by atoms with E-state index < -0.39 is 46.3 Å². The molecule has 20 heteroatoms. The molecule has 3 saturated heterocycles. The van der Waals surface area contributed by atoms with Crippen LogP contribution >= 0.6 is 11.8 Å². The topological polar surface area (TPSA) is 261 Å². The van der Waals surface area contributed by atoms with Crippen molar-refractivity contribution in [2.75, 3.05) is 19.6 Å². The Labute approximate surface area is 251 Å². The number of hydrogen-bond donors (Lipinski definition) is 6. The molecule has 8 N–H and O–H groups in total. The summed E-state index contributed by atoms with van der Waals surface area (Å²) < 4.78 is 26.2. The van der Waals surface area contributed by atoms with Crippen LogP contribution in [0.3, 0.4) is 0 Å². The Morgan fingerprint density at radius 3 is 2.70 bits per heavy atom. The number of nitrogens with one attached hydrogen (secondary N) is 3. The Morgan fingerprint density at radius 1 is 1.30 bits per heavy atom. The first-order valence-electron chi connectivity index (χ1n) is 13.8. The molecule has 43 heavy (non-hydrogen) atoms. The second kappa shape index (κ2) is 12.1. The molecule has 236 valence electrons. The van der Waals surface area contributed by atoms with Crippen LogP contribution in [0.1, 0.15) is 26.7 Å². The van der Waals surface area contributed by atoms with Crippen molar-refractivity contribution in [2.24, 2.45) is 22.7 Å². The lowest BCUT2D eigenvalue weighted by atomic mass is 9.78. The number of likely N-dealkylation sites (tertiary alicyclic amines) is 1. The number of aliphatic carboxylic acids is 1. The highest BCUT2D eigenvalue weighted by atomic mass is 32.2. The van der Waals surface area contributed by atoms with Gasteiger partial charge in [0, 0.05) is 53.8 Å². The number of carbonyl (C=O) groups excluding carboxylic acids is 3. The fraction of sp³-hybridized carbons (Fsp3) is 0.696. The number of β-lactam (4-membered cyclic amide) rings is 1. The average molecular weight is 642 g/mol. The largest absolute Gasteiger partial charge is 0.477 e. The summed E-state index contributed by atoms with van der Waals surface area (Å²) in [4.78, 5) is 54.8. The van der Waals surface area contributed by atoms with Crippen molar-refractivity contribution in [2.45, 2.75) is 68.7 Å². The van der Waals surface area contributed by atoms with Crippen LogP contribution < -0.4 is 26.2 Å². The number of carboxylic acid groups (broad SMARTS) is 1. The Bertz CT molecular complexity index is 1420. The van der Waals surface area contributed by atoms with Gasteiger partial charge in [-0.15, -0.1) is 16.9 Å². The number of rotatable bonds is 11. The molecular weight excluding hydrogens is 606 g/mol. The van der Waals surface area contributed by atoms with Crippen molar-refractivity contribution in [3.05, 3.63) is 16.9 Å². The van der Waals surface area contributed by atoms with Crippen LogP contribution in [0.25, 0.3) is 0 Å². The third-order valence-electron chi connectivity index (χ3n) is 8.35. The highest BCUT2D eigenvalue weighted by Gasteiger charge is 2.60. The zero-order valence-corrected chi connectivity index (χ0v) is 25.1. The SMILES string of the molecule is C[C@@H](NC(=O)Cn1cnnn1)[C@H]1C(=O)N2C(C(=O)O)=C(S[C@@H]3CN[C@H](C(=O)N4C[C@H](N)C[C@H]4CNS(N)(=O)=O)C3)[C@H](C)[C@H]12. The number of aromatic nitrogens is 4. The van der Waals surface area contributed by atoms with Gasteiger partial charge in [-0.05, 0) is 30.2 Å². The van der Waals surface area contributed by atoms with Gasteiger partial charge < -0.3 is 31.3 Å². The van der Waals surface area contributed by atoms with E-state index in [1.807, 2.05) is 6.92 Å². The number of hydrogen-bond acceptors (Lipinski definition) is 12. The minimum absolute atomic E-state index is 0.0432. The van der Waals surface area contributed by atoms with E-state index in [9.17, 15) is 32.7 Å². The van der Waals surface area contributed by atoms with Crippen LogP contribution in [0.15, 0.2) is 16.9 Å². The summed E-state index contributed by atoms with van der Waals surface area (Å²) in [6.07, 6.45) is 2.13. The highest BCUT2D eigenvalue weighted by Crippen LogP contribution is 2.51. The maximum Gasteiger partial charge on any atom is 0.353 e. The van der Waals surface area contributed by atoms with Crippen LogP contribution in [-0.4, -0.2) is 122 Å². The molecule has 3 fully saturated rings. The Balaban J connectivity index is 1.22. The van der Waals surface area contributed by atoms with E-state index in [2.05, 4.69) is 30.9 Å². The predicted molar refractivity (Wildman–Crippen MR) is 150 cm³/mol. The molecule has 3 amide bonds. The van der Waals surface area contributed by atoms with Crippen LogP contribution in [0.5, 0.6) is 0 Å². The van der Waals surface area contributed by atoms with Crippen molar-refractivity contribution in [1.82, 2.24) is 45.4 Å². The molecule has 8 atom stereocenters. The van der Waals surface area contributed by atoms with Gasteiger partial charge in [0.15, 0.2) is 0 Å². The lowest BCUT2D eigenvalue weighted by molar-refractivity contribution is -0.158. The van der Waals surface area contributed by atoms with E-state index in [0.717, 1.165) is 0 Å². The number of carbonyl (C=O) groups is 4. The van der Waals surface area contributed by atoms with Crippen molar-refractivity contribution in [1.29, 1.82) is 0 Å². The van der Waals surface area contributed by atoms with Crippen LogP contribution in [-0.2, 0) is 35.9 Å². The van der Waals surface area contributed by atoms with Crippen LogP contribution in [0, 0.1) is 11.8 Å². The molecular formula is C23H35N11O7S2. The molecule has 1 aromatic heterocycles. The zero-order valence-electron chi connectivity index (χ0n) is 23.5. The number of amides is 3. The number of tetrazole rings is 1. The van der Waals surface area contributed by atoms with E-state index in [1.54, 1.807) is 11.8 Å². The second-order valence-electron chi connectivity index (χ2n) is 11.4. The lowest BCUT2D eigenvalue weighted by Gasteiger charge is -2.47.